The summed E-state index contributed by atoms with van der Waals surface area (Å²) in [5.74, 6) is 2.02. The molecule has 1 aliphatic heterocycles. The van der Waals surface area contributed by atoms with Gasteiger partial charge < -0.3 is 19.4 Å². The van der Waals surface area contributed by atoms with E-state index in [2.05, 4.69) is 15.5 Å². The van der Waals surface area contributed by atoms with E-state index in [1.807, 2.05) is 55.6 Å². The van der Waals surface area contributed by atoms with Gasteiger partial charge in [0.05, 0.1) is 16.8 Å². The molecule has 9 heteroatoms. The summed E-state index contributed by atoms with van der Waals surface area (Å²) in [6.45, 7) is 1.48. The molecule has 4 aromatic rings. The molecule has 0 unspecified atom stereocenters. The molecule has 32 heavy (non-hydrogen) atoms. The second kappa shape index (κ2) is 8.43. The van der Waals surface area contributed by atoms with E-state index in [0.29, 0.717) is 53.7 Å². The van der Waals surface area contributed by atoms with Crippen LogP contribution in [0.1, 0.15) is 16.2 Å². The highest BCUT2D eigenvalue weighted by Crippen LogP contribution is 2.35. The number of pyridine rings is 1. The highest BCUT2D eigenvalue weighted by molar-refractivity contribution is 7.71. The molecule has 0 aliphatic carbocycles. The highest BCUT2D eigenvalue weighted by Gasteiger charge is 2.17. The third kappa shape index (κ3) is 3.82. The Labute approximate surface area is 189 Å². The van der Waals surface area contributed by atoms with Crippen molar-refractivity contribution in [1.82, 2.24) is 25.1 Å². The van der Waals surface area contributed by atoms with Gasteiger partial charge in [-0.05, 0) is 42.5 Å². The largest absolute Gasteiger partial charge is 0.486 e. The molecule has 5 rings (SSSR count). The van der Waals surface area contributed by atoms with Gasteiger partial charge in [0.15, 0.2) is 16.3 Å². The molecule has 0 saturated carbocycles. The van der Waals surface area contributed by atoms with Crippen molar-refractivity contribution in [3.8, 4) is 22.8 Å². The molecule has 162 valence electrons. The van der Waals surface area contributed by atoms with E-state index < -0.39 is 0 Å². The van der Waals surface area contributed by atoms with E-state index in [1.165, 1.54) is 0 Å². The minimum atomic E-state index is -0.167. The van der Waals surface area contributed by atoms with Gasteiger partial charge in [-0.15, -0.1) is 0 Å². The van der Waals surface area contributed by atoms with E-state index in [1.54, 1.807) is 4.57 Å². The van der Waals surface area contributed by atoms with Crippen LogP contribution in [0, 0.1) is 4.77 Å². The van der Waals surface area contributed by atoms with Crippen LogP contribution < -0.4 is 14.8 Å². The lowest BCUT2D eigenvalue weighted by atomic mass is 10.0. The number of nitrogens with one attached hydrogen (secondary N) is 2. The van der Waals surface area contributed by atoms with Crippen molar-refractivity contribution in [3.05, 3.63) is 64.7 Å². The third-order valence-corrected chi connectivity index (χ3v) is 5.77. The van der Waals surface area contributed by atoms with Gasteiger partial charge in [0, 0.05) is 31.0 Å². The monoisotopic (exact) mass is 447 g/mol. The van der Waals surface area contributed by atoms with E-state index >= 15 is 0 Å². The van der Waals surface area contributed by atoms with Gasteiger partial charge in [-0.2, -0.15) is 5.10 Å². The lowest BCUT2D eigenvalue weighted by Gasteiger charge is -2.19. The van der Waals surface area contributed by atoms with Crippen molar-refractivity contribution < 1.29 is 14.3 Å². The normalized spacial score (nSPS) is 12.7. The SMILES string of the molecule is Cn1c(CCNC(=O)c2cc(-c3ccc4c(c3)OCCO4)nc3ccccc23)n[nH]c1=S. The Morgan fingerprint density at radius 2 is 1.97 bits per heavy atom. The van der Waals surface area contributed by atoms with Crippen LogP contribution in [0.5, 0.6) is 11.5 Å². The molecule has 2 aromatic heterocycles. The van der Waals surface area contributed by atoms with Crippen molar-refractivity contribution in [1.29, 1.82) is 0 Å². The molecular weight excluding hydrogens is 426 g/mol. The van der Waals surface area contributed by atoms with Crippen LogP contribution in [0.2, 0.25) is 0 Å². The van der Waals surface area contributed by atoms with Crippen molar-refractivity contribution in [2.75, 3.05) is 19.8 Å². The fraction of sp³-hybridized carbons (Fsp3) is 0.217. The van der Waals surface area contributed by atoms with Gasteiger partial charge in [-0.3, -0.25) is 9.89 Å². The number of benzene rings is 2. The Kier molecular flexibility index (Phi) is 5.32. The van der Waals surface area contributed by atoms with Crippen LogP contribution >= 0.6 is 12.2 Å². The molecule has 1 aliphatic rings. The maximum absolute atomic E-state index is 13.1. The first-order chi connectivity index (χ1) is 15.6. The quantitative estimate of drug-likeness (QED) is 0.455. The summed E-state index contributed by atoms with van der Waals surface area (Å²) in [6, 6.07) is 15.1. The molecule has 3 heterocycles. The van der Waals surface area contributed by atoms with Crippen molar-refractivity contribution in [3.63, 3.8) is 0 Å². The number of fused-ring (bicyclic) bond motifs is 2. The number of rotatable bonds is 5. The minimum absolute atomic E-state index is 0.167. The number of ether oxygens (including phenoxy) is 2. The number of aromatic nitrogens is 4. The van der Waals surface area contributed by atoms with E-state index in [9.17, 15) is 4.79 Å². The fourth-order valence-electron chi connectivity index (χ4n) is 3.70. The summed E-state index contributed by atoms with van der Waals surface area (Å²) in [4.78, 5) is 17.9. The number of carbonyl (C=O) groups is 1. The predicted molar refractivity (Wildman–Crippen MR) is 123 cm³/mol. The lowest BCUT2D eigenvalue weighted by molar-refractivity contribution is 0.0955. The number of nitrogens with zero attached hydrogens (tertiary/aromatic N) is 3. The summed E-state index contributed by atoms with van der Waals surface area (Å²) in [7, 11) is 1.85. The second-order valence-electron chi connectivity index (χ2n) is 7.44. The lowest BCUT2D eigenvalue weighted by Crippen LogP contribution is -2.26. The van der Waals surface area contributed by atoms with Crippen molar-refractivity contribution in [2.45, 2.75) is 6.42 Å². The van der Waals surface area contributed by atoms with Crippen LogP contribution in [0.4, 0.5) is 0 Å². The number of carbonyl (C=O) groups excluding carboxylic acids is 1. The van der Waals surface area contributed by atoms with E-state index in [0.717, 1.165) is 22.3 Å². The van der Waals surface area contributed by atoms with Crippen LogP contribution in [0.15, 0.2) is 48.5 Å². The van der Waals surface area contributed by atoms with Crippen LogP contribution in [0.3, 0.4) is 0 Å². The average Bonchev–Trinajstić information content (AvgIpc) is 3.15. The predicted octanol–water partition coefficient (Wildman–Crippen LogP) is 3.44. The first-order valence-corrected chi connectivity index (χ1v) is 10.7. The zero-order valence-electron chi connectivity index (χ0n) is 17.4. The van der Waals surface area contributed by atoms with Gasteiger partial charge in [0.1, 0.15) is 19.0 Å². The molecule has 0 saturated heterocycles. The number of H-pyrrole nitrogens is 1. The summed E-state index contributed by atoms with van der Waals surface area (Å²) in [6.07, 6.45) is 0.563. The number of aromatic amines is 1. The smallest absolute Gasteiger partial charge is 0.252 e. The third-order valence-electron chi connectivity index (χ3n) is 5.41. The molecule has 8 nitrogen and oxygen atoms in total. The fourth-order valence-corrected chi connectivity index (χ4v) is 3.85. The summed E-state index contributed by atoms with van der Waals surface area (Å²) >= 11 is 5.14. The number of hydrogen-bond acceptors (Lipinski definition) is 6. The Hall–Kier alpha value is -3.72. The topological polar surface area (TPSA) is 94.1 Å². The second-order valence-corrected chi connectivity index (χ2v) is 7.83. The van der Waals surface area contributed by atoms with Crippen LogP contribution in [0.25, 0.3) is 22.2 Å². The Morgan fingerprint density at radius 1 is 1.16 bits per heavy atom. The molecule has 0 radical (unpaired) electrons. The van der Waals surface area contributed by atoms with Gasteiger partial charge in [-0.25, -0.2) is 4.98 Å². The van der Waals surface area contributed by atoms with Gasteiger partial charge in [0.25, 0.3) is 5.91 Å². The first kappa shape index (κ1) is 20.2. The number of hydrogen-bond donors (Lipinski definition) is 2. The molecule has 2 aromatic carbocycles. The molecular formula is C23H21N5O3S. The molecule has 0 fully saturated rings. The Balaban J connectivity index is 1.45. The first-order valence-electron chi connectivity index (χ1n) is 10.3. The van der Waals surface area contributed by atoms with E-state index in [4.69, 9.17) is 26.7 Å². The van der Waals surface area contributed by atoms with Crippen LogP contribution in [-0.4, -0.2) is 45.4 Å². The highest BCUT2D eigenvalue weighted by atomic mass is 32.1. The zero-order chi connectivity index (χ0) is 22.1. The van der Waals surface area contributed by atoms with Crippen molar-refractivity contribution >= 4 is 29.0 Å². The number of para-hydroxylation sites is 1. The average molecular weight is 448 g/mol. The zero-order valence-corrected chi connectivity index (χ0v) is 18.2. The summed E-state index contributed by atoms with van der Waals surface area (Å²) in [5, 5.41) is 10.7. The summed E-state index contributed by atoms with van der Waals surface area (Å²) in [5.41, 5.74) is 2.87. The standard InChI is InChI=1S/C23H21N5O3S/c1-28-21(26-27-23(28)32)8-9-24-22(29)16-13-18(25-17-5-3-2-4-15(16)17)14-6-7-19-20(12-14)31-11-10-30-19/h2-7,12-13H,8-11H2,1H3,(H,24,29)(H,27,32). The van der Waals surface area contributed by atoms with Crippen molar-refractivity contribution in [2.24, 2.45) is 7.05 Å². The van der Waals surface area contributed by atoms with Gasteiger partial charge in [0.2, 0.25) is 0 Å². The summed E-state index contributed by atoms with van der Waals surface area (Å²) < 4.78 is 13.7. The van der Waals surface area contributed by atoms with E-state index in [-0.39, 0.29) is 5.91 Å². The van der Waals surface area contributed by atoms with Crippen LogP contribution in [-0.2, 0) is 13.5 Å². The maximum Gasteiger partial charge on any atom is 0.252 e. The molecule has 0 atom stereocenters. The molecule has 1 amide bonds. The number of amides is 1. The molecule has 0 bridgehead atoms. The maximum atomic E-state index is 13.1. The van der Waals surface area contributed by atoms with Gasteiger partial charge in [-0.1, -0.05) is 18.2 Å². The van der Waals surface area contributed by atoms with Gasteiger partial charge >= 0.3 is 0 Å². The Bertz CT molecular complexity index is 1380. The Morgan fingerprint density at radius 3 is 2.78 bits per heavy atom. The minimum Gasteiger partial charge on any atom is -0.486 e. The molecule has 2 N–H and O–H groups in total. The molecule has 0 spiro atoms.